The molecule has 0 spiro atoms. The summed E-state index contributed by atoms with van der Waals surface area (Å²) in [7, 11) is 1.83. The number of carboxylic acids is 1. The predicted molar refractivity (Wildman–Crippen MR) is 73.8 cm³/mol. The molecule has 1 aromatic heterocycles. The van der Waals surface area contributed by atoms with E-state index in [2.05, 4.69) is 11.2 Å². The van der Waals surface area contributed by atoms with Crippen molar-refractivity contribution >= 4 is 5.97 Å². The average molecular weight is 272 g/mol. The van der Waals surface area contributed by atoms with E-state index in [0.29, 0.717) is 5.69 Å². The highest BCUT2D eigenvalue weighted by atomic mass is 16.5. The minimum atomic E-state index is -0.867. The fraction of sp³-hybridized carbons (Fsp3) is 0.333. The third-order valence-electron chi connectivity index (χ3n) is 3.47. The third-order valence-corrected chi connectivity index (χ3v) is 3.47. The Labute approximate surface area is 116 Å². The minimum absolute atomic E-state index is 0.0537. The molecule has 0 saturated heterocycles. The second-order valence-electron chi connectivity index (χ2n) is 4.99. The number of aryl methyl sites for hydroxylation is 2. The van der Waals surface area contributed by atoms with Crippen molar-refractivity contribution in [3.8, 4) is 17.0 Å². The molecule has 1 aliphatic heterocycles. The van der Waals surface area contributed by atoms with Gasteiger partial charge in [0.2, 0.25) is 0 Å². The van der Waals surface area contributed by atoms with Crippen LogP contribution in [0.5, 0.6) is 5.75 Å². The summed E-state index contributed by atoms with van der Waals surface area (Å²) in [5.41, 5.74) is 3.74. The zero-order valence-electron chi connectivity index (χ0n) is 11.3. The Bertz CT molecular complexity index is 661. The number of nitrogens with zero attached hydrogens (tertiary/aromatic N) is 2. The number of benzene rings is 1. The SMILES string of the molecule is Cn1nc(CC(=O)O)cc1-c1ccc2c(c1)CCCO2. The number of carbonyl (C=O) groups is 1. The topological polar surface area (TPSA) is 64.4 Å². The molecule has 1 aliphatic rings. The molecule has 5 heteroatoms. The van der Waals surface area contributed by atoms with Gasteiger partial charge in [-0.2, -0.15) is 5.10 Å². The van der Waals surface area contributed by atoms with Crippen LogP contribution in [0.1, 0.15) is 17.7 Å². The van der Waals surface area contributed by atoms with E-state index in [0.717, 1.165) is 36.5 Å². The number of aromatic nitrogens is 2. The highest BCUT2D eigenvalue weighted by molar-refractivity contribution is 5.71. The molecule has 1 N–H and O–H groups in total. The van der Waals surface area contributed by atoms with Gasteiger partial charge in [0.15, 0.2) is 0 Å². The molecule has 0 amide bonds. The molecule has 0 saturated carbocycles. The number of fused-ring (bicyclic) bond motifs is 1. The molecule has 0 fully saturated rings. The second kappa shape index (κ2) is 5.00. The number of aliphatic carboxylic acids is 1. The maximum atomic E-state index is 10.8. The fourth-order valence-electron chi connectivity index (χ4n) is 2.56. The van der Waals surface area contributed by atoms with E-state index >= 15 is 0 Å². The summed E-state index contributed by atoms with van der Waals surface area (Å²) in [6.07, 6.45) is 2.00. The summed E-state index contributed by atoms with van der Waals surface area (Å²) in [5.74, 6) is 0.0846. The van der Waals surface area contributed by atoms with Crippen molar-refractivity contribution in [1.29, 1.82) is 0 Å². The molecule has 0 bridgehead atoms. The van der Waals surface area contributed by atoms with E-state index in [1.807, 2.05) is 25.2 Å². The molecular formula is C15H16N2O3. The zero-order valence-corrected chi connectivity index (χ0v) is 11.3. The smallest absolute Gasteiger partial charge is 0.309 e. The first-order valence-electron chi connectivity index (χ1n) is 6.64. The summed E-state index contributed by atoms with van der Waals surface area (Å²) in [6, 6.07) is 7.91. The maximum Gasteiger partial charge on any atom is 0.309 e. The number of carboxylic acid groups (broad SMARTS) is 1. The van der Waals surface area contributed by atoms with E-state index < -0.39 is 5.97 Å². The van der Waals surface area contributed by atoms with Gasteiger partial charge in [0.25, 0.3) is 0 Å². The molecule has 0 radical (unpaired) electrons. The summed E-state index contributed by atoms with van der Waals surface area (Å²) in [6.45, 7) is 0.779. The fourth-order valence-corrected chi connectivity index (χ4v) is 2.56. The molecule has 0 unspecified atom stereocenters. The maximum absolute atomic E-state index is 10.8. The Hall–Kier alpha value is -2.30. The number of ether oxygens (including phenoxy) is 1. The van der Waals surface area contributed by atoms with Gasteiger partial charge in [0, 0.05) is 12.6 Å². The van der Waals surface area contributed by atoms with E-state index in [9.17, 15) is 4.79 Å². The van der Waals surface area contributed by atoms with E-state index in [1.54, 1.807) is 4.68 Å². The Morgan fingerprint density at radius 1 is 1.45 bits per heavy atom. The normalized spacial score (nSPS) is 13.7. The number of hydrogen-bond donors (Lipinski definition) is 1. The lowest BCUT2D eigenvalue weighted by molar-refractivity contribution is -0.136. The van der Waals surface area contributed by atoms with Gasteiger partial charge in [0.05, 0.1) is 24.4 Å². The van der Waals surface area contributed by atoms with Crippen LogP contribution in [0.4, 0.5) is 0 Å². The van der Waals surface area contributed by atoms with Crippen molar-refractivity contribution in [3.63, 3.8) is 0 Å². The minimum Gasteiger partial charge on any atom is -0.493 e. The van der Waals surface area contributed by atoms with E-state index in [4.69, 9.17) is 9.84 Å². The van der Waals surface area contributed by atoms with E-state index in [1.165, 1.54) is 5.56 Å². The van der Waals surface area contributed by atoms with E-state index in [-0.39, 0.29) is 6.42 Å². The van der Waals surface area contributed by atoms with Gasteiger partial charge >= 0.3 is 5.97 Å². The zero-order chi connectivity index (χ0) is 14.1. The van der Waals surface area contributed by atoms with Crippen LogP contribution in [0.3, 0.4) is 0 Å². The van der Waals surface area contributed by atoms with Gasteiger partial charge in [-0.15, -0.1) is 0 Å². The first kappa shape index (κ1) is 12.7. The number of hydrogen-bond acceptors (Lipinski definition) is 3. The Morgan fingerprint density at radius 2 is 2.30 bits per heavy atom. The summed E-state index contributed by atoms with van der Waals surface area (Å²) in [4.78, 5) is 10.8. The van der Waals surface area contributed by atoms with Gasteiger partial charge in [-0.1, -0.05) is 0 Å². The van der Waals surface area contributed by atoms with Gasteiger partial charge in [-0.3, -0.25) is 9.48 Å². The van der Waals surface area contributed by atoms with Crippen LogP contribution in [0.15, 0.2) is 24.3 Å². The average Bonchev–Trinajstić information content (AvgIpc) is 2.78. The van der Waals surface area contributed by atoms with Crippen molar-refractivity contribution in [1.82, 2.24) is 9.78 Å². The summed E-state index contributed by atoms with van der Waals surface area (Å²) >= 11 is 0. The van der Waals surface area contributed by atoms with Crippen LogP contribution in [-0.2, 0) is 24.7 Å². The predicted octanol–water partition coefficient (Wildman–Crippen LogP) is 2.04. The van der Waals surface area contributed by atoms with Crippen molar-refractivity contribution in [2.24, 2.45) is 7.05 Å². The summed E-state index contributed by atoms with van der Waals surface area (Å²) < 4.78 is 7.33. The molecule has 2 heterocycles. The summed E-state index contributed by atoms with van der Waals surface area (Å²) in [5, 5.41) is 13.1. The van der Waals surface area contributed by atoms with Crippen LogP contribution in [0.2, 0.25) is 0 Å². The lowest BCUT2D eigenvalue weighted by atomic mass is 10.0. The highest BCUT2D eigenvalue weighted by Crippen LogP contribution is 2.30. The molecule has 104 valence electrons. The lowest BCUT2D eigenvalue weighted by Crippen LogP contribution is -2.08. The molecule has 3 rings (SSSR count). The van der Waals surface area contributed by atoms with Gasteiger partial charge in [0.1, 0.15) is 5.75 Å². The van der Waals surface area contributed by atoms with Crippen molar-refractivity contribution in [3.05, 3.63) is 35.5 Å². The molecule has 0 aliphatic carbocycles. The Balaban J connectivity index is 1.96. The van der Waals surface area contributed by atoms with Crippen molar-refractivity contribution < 1.29 is 14.6 Å². The van der Waals surface area contributed by atoms with Crippen LogP contribution >= 0.6 is 0 Å². The quantitative estimate of drug-likeness (QED) is 0.928. The number of rotatable bonds is 3. The largest absolute Gasteiger partial charge is 0.493 e. The van der Waals surface area contributed by atoms with Crippen LogP contribution < -0.4 is 4.74 Å². The molecule has 1 aromatic carbocycles. The van der Waals surface area contributed by atoms with Gasteiger partial charge in [-0.05, 0) is 42.7 Å². The lowest BCUT2D eigenvalue weighted by Gasteiger charge is -2.17. The van der Waals surface area contributed by atoms with Gasteiger partial charge < -0.3 is 9.84 Å². The first-order chi connectivity index (χ1) is 9.63. The Kier molecular flexibility index (Phi) is 3.18. The molecular weight excluding hydrogens is 256 g/mol. The van der Waals surface area contributed by atoms with Crippen molar-refractivity contribution in [2.45, 2.75) is 19.3 Å². The van der Waals surface area contributed by atoms with Crippen LogP contribution in [0.25, 0.3) is 11.3 Å². The molecule has 20 heavy (non-hydrogen) atoms. The standard InChI is InChI=1S/C15H16N2O3/c1-17-13(8-12(16-17)9-15(18)19)10-4-5-14-11(7-10)3-2-6-20-14/h4-5,7-8H,2-3,6,9H2,1H3,(H,18,19). The molecule has 0 atom stereocenters. The van der Waals surface area contributed by atoms with Crippen LogP contribution in [-0.4, -0.2) is 27.5 Å². The van der Waals surface area contributed by atoms with Crippen LogP contribution in [0, 0.1) is 0 Å². The monoisotopic (exact) mass is 272 g/mol. The first-order valence-corrected chi connectivity index (χ1v) is 6.64. The third kappa shape index (κ3) is 2.39. The second-order valence-corrected chi connectivity index (χ2v) is 4.99. The highest BCUT2D eigenvalue weighted by Gasteiger charge is 2.14. The van der Waals surface area contributed by atoms with Gasteiger partial charge in [-0.25, -0.2) is 0 Å². The molecule has 5 nitrogen and oxygen atoms in total. The van der Waals surface area contributed by atoms with Crippen molar-refractivity contribution in [2.75, 3.05) is 6.61 Å². The molecule has 2 aromatic rings. The Morgan fingerprint density at radius 3 is 3.10 bits per heavy atom.